The Morgan fingerprint density at radius 3 is 2.50 bits per heavy atom. The van der Waals surface area contributed by atoms with Gasteiger partial charge in [-0.2, -0.15) is 4.58 Å². The van der Waals surface area contributed by atoms with Crippen LogP contribution >= 0.6 is 0 Å². The number of hydrogen-bond acceptors (Lipinski definition) is 1. The van der Waals surface area contributed by atoms with Gasteiger partial charge in [0.15, 0.2) is 5.71 Å². The maximum atomic E-state index is 10.9. The fourth-order valence-electron chi connectivity index (χ4n) is 5.21. The highest BCUT2D eigenvalue weighted by atomic mass is 16.3. The fraction of sp³-hybridized carbons (Fsp3) is 0.276. The van der Waals surface area contributed by atoms with Gasteiger partial charge in [0.25, 0.3) is 0 Å². The van der Waals surface area contributed by atoms with E-state index in [-0.39, 0.29) is 5.41 Å². The van der Waals surface area contributed by atoms with Gasteiger partial charge in [-0.3, -0.25) is 0 Å². The van der Waals surface area contributed by atoms with Crippen LogP contribution in [0.5, 0.6) is 5.75 Å². The van der Waals surface area contributed by atoms with Crippen molar-refractivity contribution in [2.75, 3.05) is 6.54 Å². The number of unbranched alkanes of at least 4 members (excludes halogenated alkanes) is 1. The van der Waals surface area contributed by atoms with Gasteiger partial charge >= 0.3 is 0 Å². The zero-order valence-corrected chi connectivity index (χ0v) is 19.4. The van der Waals surface area contributed by atoms with Crippen LogP contribution in [-0.4, -0.2) is 26.5 Å². The largest absolute Gasteiger partial charge is 0.507 e. The number of hydrogen-bond donors (Lipinski definition) is 1. The SMILES string of the molecule is CCCC[N+]1=C(/C=C/c2cc3c4ccccc4n(C)c3cc2O)C(C)(C)c2ccccc21. The molecule has 3 heteroatoms. The molecule has 162 valence electrons. The monoisotopic (exact) mass is 423 g/mol. The second-order valence-corrected chi connectivity index (χ2v) is 9.37. The number of aryl methyl sites for hydroxylation is 1. The molecule has 0 amide bonds. The molecule has 3 aromatic carbocycles. The number of aromatic nitrogens is 1. The molecule has 0 aliphatic carbocycles. The molecule has 1 N–H and O–H groups in total. The number of aromatic hydroxyl groups is 1. The van der Waals surface area contributed by atoms with E-state index in [1.54, 1.807) is 0 Å². The van der Waals surface area contributed by atoms with Crippen molar-refractivity contribution in [2.45, 2.75) is 39.0 Å². The van der Waals surface area contributed by atoms with Gasteiger partial charge in [-0.25, -0.2) is 0 Å². The molecule has 5 rings (SSSR count). The van der Waals surface area contributed by atoms with E-state index < -0.39 is 0 Å². The highest BCUT2D eigenvalue weighted by molar-refractivity contribution is 6.10. The summed E-state index contributed by atoms with van der Waals surface area (Å²) in [5.74, 6) is 0.314. The summed E-state index contributed by atoms with van der Waals surface area (Å²) in [6.07, 6.45) is 6.60. The molecule has 1 aliphatic heterocycles. The second kappa shape index (κ2) is 7.67. The summed E-state index contributed by atoms with van der Waals surface area (Å²) in [6, 6.07) is 21.2. The van der Waals surface area contributed by atoms with E-state index in [0.717, 1.165) is 30.5 Å². The smallest absolute Gasteiger partial charge is 0.209 e. The van der Waals surface area contributed by atoms with E-state index >= 15 is 0 Å². The first-order valence-electron chi connectivity index (χ1n) is 11.6. The molecule has 2 heterocycles. The lowest BCUT2D eigenvalue weighted by Crippen LogP contribution is -2.27. The maximum Gasteiger partial charge on any atom is 0.209 e. The van der Waals surface area contributed by atoms with Crippen molar-refractivity contribution in [2.24, 2.45) is 7.05 Å². The molecular weight excluding hydrogens is 392 g/mol. The van der Waals surface area contributed by atoms with Crippen LogP contribution in [0.2, 0.25) is 0 Å². The van der Waals surface area contributed by atoms with Gasteiger partial charge in [0.05, 0.1) is 10.9 Å². The number of para-hydroxylation sites is 2. The van der Waals surface area contributed by atoms with Gasteiger partial charge in [-0.1, -0.05) is 49.7 Å². The molecule has 3 nitrogen and oxygen atoms in total. The lowest BCUT2D eigenvalue weighted by Gasteiger charge is -2.15. The minimum absolute atomic E-state index is 0.0833. The van der Waals surface area contributed by atoms with E-state index in [1.165, 1.54) is 33.3 Å². The highest BCUT2D eigenvalue weighted by Gasteiger charge is 2.43. The maximum absolute atomic E-state index is 10.9. The minimum atomic E-state index is -0.0833. The first-order valence-corrected chi connectivity index (χ1v) is 11.6. The third-order valence-electron chi connectivity index (χ3n) is 7.02. The van der Waals surface area contributed by atoms with Crippen molar-refractivity contribution in [3.8, 4) is 5.75 Å². The summed E-state index contributed by atoms with van der Waals surface area (Å²) in [5, 5.41) is 13.2. The van der Waals surface area contributed by atoms with Crippen molar-refractivity contribution in [3.63, 3.8) is 0 Å². The first-order chi connectivity index (χ1) is 15.4. The van der Waals surface area contributed by atoms with E-state index in [1.807, 2.05) is 6.07 Å². The zero-order valence-electron chi connectivity index (χ0n) is 19.4. The van der Waals surface area contributed by atoms with E-state index in [4.69, 9.17) is 0 Å². The van der Waals surface area contributed by atoms with E-state index in [9.17, 15) is 5.11 Å². The minimum Gasteiger partial charge on any atom is -0.507 e. The summed E-state index contributed by atoms with van der Waals surface area (Å²) < 4.78 is 4.61. The van der Waals surface area contributed by atoms with Crippen molar-refractivity contribution >= 4 is 39.3 Å². The quantitative estimate of drug-likeness (QED) is 0.346. The van der Waals surface area contributed by atoms with Crippen LogP contribution in [0.4, 0.5) is 5.69 Å². The number of phenols is 1. The number of rotatable bonds is 5. The van der Waals surface area contributed by atoms with Gasteiger partial charge in [-0.05, 0) is 32.1 Å². The first kappa shape index (κ1) is 20.6. The van der Waals surface area contributed by atoms with Gasteiger partial charge in [0, 0.05) is 59.1 Å². The number of fused-ring (bicyclic) bond motifs is 4. The van der Waals surface area contributed by atoms with Gasteiger partial charge < -0.3 is 9.67 Å². The average molecular weight is 424 g/mol. The fourth-order valence-corrected chi connectivity index (χ4v) is 5.21. The van der Waals surface area contributed by atoms with Crippen molar-refractivity contribution < 1.29 is 9.68 Å². The predicted octanol–water partition coefficient (Wildman–Crippen LogP) is 6.93. The Hall–Kier alpha value is -3.33. The Bertz CT molecular complexity index is 1400. The molecule has 4 aromatic rings. The van der Waals surface area contributed by atoms with Crippen LogP contribution in [0.3, 0.4) is 0 Å². The Morgan fingerprint density at radius 2 is 1.69 bits per heavy atom. The molecule has 32 heavy (non-hydrogen) atoms. The van der Waals surface area contributed by atoms with Crippen LogP contribution in [0.1, 0.15) is 44.7 Å². The van der Waals surface area contributed by atoms with Gasteiger partial charge in [-0.15, -0.1) is 0 Å². The highest BCUT2D eigenvalue weighted by Crippen LogP contribution is 2.40. The average Bonchev–Trinajstić information content (AvgIpc) is 3.19. The lowest BCUT2D eigenvalue weighted by atomic mass is 9.81. The standard InChI is InChI=1S/C29H30N2O/c1-5-6-17-31-25-14-10-8-12-23(25)29(2,3)28(31)16-15-20-18-22-21-11-7-9-13-24(21)30(4)26(22)19-27(20)32/h7-16,18-19H,5-6,17H2,1-4H3/p+1. The summed E-state index contributed by atoms with van der Waals surface area (Å²) in [5.41, 5.74) is 6.94. The molecule has 0 spiro atoms. The van der Waals surface area contributed by atoms with E-state index in [2.05, 4.69) is 104 Å². The number of nitrogens with zero attached hydrogens (tertiary/aromatic N) is 2. The summed E-state index contributed by atoms with van der Waals surface area (Å²) in [6.45, 7) is 7.83. The van der Waals surface area contributed by atoms with Crippen LogP contribution in [-0.2, 0) is 12.5 Å². The number of benzene rings is 3. The lowest BCUT2D eigenvalue weighted by molar-refractivity contribution is -0.438. The summed E-state index contributed by atoms with van der Waals surface area (Å²) in [7, 11) is 2.05. The molecular formula is C29H31N2O+. The molecule has 0 fully saturated rings. The summed E-state index contributed by atoms with van der Waals surface area (Å²) >= 11 is 0. The normalized spacial score (nSPS) is 15.4. The number of allylic oxidation sites excluding steroid dienone is 1. The molecule has 0 saturated heterocycles. The second-order valence-electron chi connectivity index (χ2n) is 9.37. The van der Waals surface area contributed by atoms with Crippen molar-refractivity contribution in [1.29, 1.82) is 0 Å². The molecule has 0 saturated carbocycles. The third-order valence-corrected chi connectivity index (χ3v) is 7.02. The molecule has 1 aromatic heterocycles. The third kappa shape index (κ3) is 3.07. The van der Waals surface area contributed by atoms with E-state index in [0.29, 0.717) is 5.75 Å². The Balaban J connectivity index is 1.64. The van der Waals surface area contributed by atoms with Crippen LogP contribution < -0.4 is 0 Å². The zero-order chi connectivity index (χ0) is 22.5. The van der Waals surface area contributed by atoms with Crippen LogP contribution in [0, 0.1) is 0 Å². The van der Waals surface area contributed by atoms with Gasteiger partial charge in [0.1, 0.15) is 12.3 Å². The van der Waals surface area contributed by atoms with Gasteiger partial charge in [0.2, 0.25) is 5.69 Å². The Kier molecular flexibility index (Phi) is 4.93. The topological polar surface area (TPSA) is 28.2 Å². The van der Waals surface area contributed by atoms with Crippen LogP contribution in [0.15, 0.2) is 66.7 Å². The predicted molar refractivity (Wildman–Crippen MR) is 135 cm³/mol. The molecule has 0 bridgehead atoms. The summed E-state index contributed by atoms with van der Waals surface area (Å²) in [4.78, 5) is 0. The molecule has 1 aliphatic rings. The Morgan fingerprint density at radius 1 is 0.938 bits per heavy atom. The molecule has 0 atom stereocenters. The molecule has 0 unspecified atom stereocenters. The molecule has 0 radical (unpaired) electrons. The van der Waals surface area contributed by atoms with Crippen LogP contribution in [0.25, 0.3) is 27.9 Å². The number of phenolic OH excluding ortho intramolecular Hbond substituents is 1. The van der Waals surface area contributed by atoms with Crippen molar-refractivity contribution in [3.05, 3.63) is 77.9 Å². The Labute approximate surface area is 189 Å². The van der Waals surface area contributed by atoms with Crippen molar-refractivity contribution in [1.82, 2.24) is 4.57 Å².